The van der Waals surface area contributed by atoms with Crippen molar-refractivity contribution in [2.75, 3.05) is 0 Å². The maximum atomic E-state index is 12.6. The van der Waals surface area contributed by atoms with Gasteiger partial charge in [0.2, 0.25) is 0 Å². The minimum absolute atomic E-state index is 0.144. The molecule has 1 N–H and O–H groups in total. The minimum Gasteiger partial charge on any atom is -0.476 e. The molecular weight excluding hydrogens is 286 g/mol. The molecule has 0 aliphatic carbocycles. The summed E-state index contributed by atoms with van der Waals surface area (Å²) in [6.45, 7) is 0. The summed E-state index contributed by atoms with van der Waals surface area (Å²) in [7, 11) is 0. The van der Waals surface area contributed by atoms with Crippen molar-refractivity contribution in [3.05, 3.63) is 34.3 Å². The lowest BCUT2D eigenvalue weighted by Crippen LogP contribution is -1.97. The lowest BCUT2D eigenvalue weighted by atomic mass is 10.3. The van der Waals surface area contributed by atoms with Crippen LogP contribution >= 0.6 is 15.9 Å². The van der Waals surface area contributed by atoms with E-state index < -0.39 is 18.2 Å². The van der Waals surface area contributed by atoms with Gasteiger partial charge in [0, 0.05) is 10.7 Å². The second-order valence-corrected chi connectivity index (χ2v) is 3.94. The van der Waals surface area contributed by atoms with Crippen LogP contribution in [0.2, 0.25) is 0 Å². The molecule has 2 heterocycles. The third-order valence-electron chi connectivity index (χ3n) is 2.03. The number of rotatable bonds is 2. The number of hydrogen-bond acceptors (Lipinski definition) is 2. The van der Waals surface area contributed by atoms with Crippen molar-refractivity contribution in [1.82, 2.24) is 9.38 Å². The van der Waals surface area contributed by atoms with Crippen molar-refractivity contribution < 1.29 is 18.7 Å². The fourth-order valence-corrected chi connectivity index (χ4v) is 1.73. The van der Waals surface area contributed by atoms with E-state index in [1.807, 2.05) is 0 Å². The normalized spacial score (nSPS) is 11.2. The van der Waals surface area contributed by atoms with Gasteiger partial charge in [0.15, 0.2) is 11.5 Å². The Morgan fingerprint density at radius 1 is 1.50 bits per heavy atom. The maximum absolute atomic E-state index is 12.6. The topological polar surface area (TPSA) is 54.6 Å². The third-order valence-corrected chi connectivity index (χ3v) is 2.50. The molecule has 16 heavy (non-hydrogen) atoms. The molecule has 0 saturated carbocycles. The molecule has 0 aliphatic rings. The van der Waals surface area contributed by atoms with E-state index in [0.717, 1.165) is 4.40 Å². The molecule has 0 atom stereocenters. The summed E-state index contributed by atoms with van der Waals surface area (Å²) in [5.74, 6) is -1.90. The summed E-state index contributed by atoms with van der Waals surface area (Å²) in [6.07, 6.45) is -1.47. The van der Waals surface area contributed by atoms with E-state index in [9.17, 15) is 13.6 Å². The summed E-state index contributed by atoms with van der Waals surface area (Å²) in [5.41, 5.74) is -0.228. The summed E-state index contributed by atoms with van der Waals surface area (Å²) in [6, 6.07) is 2.99. The van der Waals surface area contributed by atoms with Crippen LogP contribution in [0.1, 0.15) is 22.7 Å². The molecule has 0 aromatic carbocycles. The molecule has 2 aromatic heterocycles. The summed E-state index contributed by atoms with van der Waals surface area (Å²) >= 11 is 3.12. The Kier molecular flexibility index (Phi) is 2.63. The zero-order valence-electron chi connectivity index (χ0n) is 7.69. The second kappa shape index (κ2) is 3.82. The van der Waals surface area contributed by atoms with Crippen molar-refractivity contribution >= 4 is 27.4 Å². The zero-order valence-corrected chi connectivity index (χ0v) is 9.28. The van der Waals surface area contributed by atoms with E-state index in [0.29, 0.717) is 4.47 Å². The smallest absolute Gasteiger partial charge is 0.356 e. The average Bonchev–Trinajstić information content (AvgIpc) is 2.56. The number of imidazole rings is 1. The lowest BCUT2D eigenvalue weighted by Gasteiger charge is -1.99. The Hall–Kier alpha value is -1.50. The molecule has 0 aliphatic heterocycles. The Labute approximate surface area is 96.7 Å². The van der Waals surface area contributed by atoms with E-state index in [1.165, 1.54) is 12.3 Å². The van der Waals surface area contributed by atoms with Gasteiger partial charge in [-0.15, -0.1) is 0 Å². The monoisotopic (exact) mass is 290 g/mol. The fourth-order valence-electron chi connectivity index (χ4n) is 1.39. The minimum atomic E-state index is -2.82. The fraction of sp³-hybridized carbons (Fsp3) is 0.111. The number of carboxylic acid groups (broad SMARTS) is 1. The molecule has 84 valence electrons. The molecule has 0 amide bonds. The highest BCUT2D eigenvalue weighted by atomic mass is 79.9. The number of halogens is 3. The van der Waals surface area contributed by atoms with Gasteiger partial charge in [0.25, 0.3) is 6.43 Å². The summed E-state index contributed by atoms with van der Waals surface area (Å²) in [5, 5.41) is 8.81. The Bertz CT molecular complexity index is 568. The molecule has 7 heteroatoms. The summed E-state index contributed by atoms with van der Waals surface area (Å²) < 4.78 is 26.9. The average molecular weight is 291 g/mol. The highest BCUT2D eigenvalue weighted by Gasteiger charge is 2.21. The van der Waals surface area contributed by atoms with Crippen LogP contribution in [0.4, 0.5) is 8.78 Å². The second-order valence-electron chi connectivity index (χ2n) is 3.03. The first-order chi connectivity index (χ1) is 7.50. The number of carboxylic acids is 1. The predicted molar refractivity (Wildman–Crippen MR) is 54.8 cm³/mol. The quantitative estimate of drug-likeness (QED) is 0.925. The van der Waals surface area contributed by atoms with Crippen LogP contribution in [0, 0.1) is 0 Å². The van der Waals surface area contributed by atoms with Crippen LogP contribution < -0.4 is 0 Å². The first-order valence-electron chi connectivity index (χ1n) is 4.19. The first-order valence-corrected chi connectivity index (χ1v) is 4.99. The van der Waals surface area contributed by atoms with Crippen LogP contribution in [0.15, 0.2) is 22.8 Å². The Morgan fingerprint density at radius 3 is 2.75 bits per heavy atom. The molecule has 0 radical (unpaired) electrons. The Morgan fingerprint density at radius 2 is 2.19 bits per heavy atom. The summed E-state index contributed by atoms with van der Waals surface area (Å²) in [4.78, 5) is 14.2. The number of hydrogen-bond donors (Lipinski definition) is 1. The van der Waals surface area contributed by atoms with Crippen molar-refractivity contribution in [2.45, 2.75) is 6.43 Å². The lowest BCUT2D eigenvalue weighted by molar-refractivity contribution is 0.0692. The van der Waals surface area contributed by atoms with Gasteiger partial charge in [-0.05, 0) is 28.1 Å². The van der Waals surface area contributed by atoms with Crippen LogP contribution in [-0.4, -0.2) is 20.5 Å². The number of alkyl halides is 2. The van der Waals surface area contributed by atoms with E-state index in [-0.39, 0.29) is 11.2 Å². The number of carbonyl (C=O) groups is 1. The molecule has 0 spiro atoms. The first kappa shape index (κ1) is 11.0. The number of aromatic carboxylic acids is 1. The predicted octanol–water partition coefficient (Wildman–Crippen LogP) is 2.73. The number of nitrogens with zero attached hydrogens (tertiary/aromatic N) is 2. The van der Waals surface area contributed by atoms with Gasteiger partial charge in [0.1, 0.15) is 0 Å². The molecule has 0 saturated heterocycles. The van der Waals surface area contributed by atoms with Crippen molar-refractivity contribution in [3.8, 4) is 0 Å². The number of fused-ring (bicyclic) bond motifs is 1. The van der Waals surface area contributed by atoms with E-state index in [2.05, 4.69) is 20.9 Å². The number of aromatic nitrogens is 2. The van der Waals surface area contributed by atoms with Gasteiger partial charge in [-0.3, -0.25) is 4.40 Å². The van der Waals surface area contributed by atoms with Crippen LogP contribution in [-0.2, 0) is 0 Å². The SMILES string of the molecule is O=C(O)c1nc(C(F)F)n2cc(Br)ccc12. The van der Waals surface area contributed by atoms with Gasteiger partial charge in [-0.1, -0.05) is 0 Å². The van der Waals surface area contributed by atoms with Crippen LogP contribution in [0.5, 0.6) is 0 Å². The molecule has 2 aromatic rings. The van der Waals surface area contributed by atoms with Gasteiger partial charge in [0.05, 0.1) is 5.52 Å². The van der Waals surface area contributed by atoms with E-state index in [1.54, 1.807) is 6.07 Å². The molecule has 4 nitrogen and oxygen atoms in total. The van der Waals surface area contributed by atoms with Gasteiger partial charge >= 0.3 is 5.97 Å². The number of pyridine rings is 1. The van der Waals surface area contributed by atoms with Gasteiger partial charge in [-0.2, -0.15) is 0 Å². The highest BCUT2D eigenvalue weighted by molar-refractivity contribution is 9.10. The van der Waals surface area contributed by atoms with Crippen molar-refractivity contribution in [1.29, 1.82) is 0 Å². The molecule has 2 rings (SSSR count). The Balaban J connectivity index is 2.81. The zero-order chi connectivity index (χ0) is 11.9. The molecule has 0 fully saturated rings. The van der Waals surface area contributed by atoms with Gasteiger partial charge in [-0.25, -0.2) is 18.6 Å². The highest BCUT2D eigenvalue weighted by Crippen LogP contribution is 2.24. The van der Waals surface area contributed by atoms with Crippen LogP contribution in [0.3, 0.4) is 0 Å². The van der Waals surface area contributed by atoms with Crippen molar-refractivity contribution in [3.63, 3.8) is 0 Å². The maximum Gasteiger partial charge on any atom is 0.356 e. The van der Waals surface area contributed by atoms with E-state index >= 15 is 0 Å². The molecule has 0 unspecified atom stereocenters. The molecular formula is C9H5BrF2N2O2. The van der Waals surface area contributed by atoms with Gasteiger partial charge < -0.3 is 5.11 Å². The third kappa shape index (κ3) is 1.67. The van der Waals surface area contributed by atoms with E-state index in [4.69, 9.17) is 5.11 Å². The van der Waals surface area contributed by atoms with Crippen molar-refractivity contribution in [2.24, 2.45) is 0 Å². The van der Waals surface area contributed by atoms with Crippen LogP contribution in [0.25, 0.3) is 5.52 Å². The largest absolute Gasteiger partial charge is 0.476 e. The molecule has 0 bridgehead atoms. The standard InChI is InChI=1S/C9H5BrF2N2O2/c10-4-1-2-5-6(9(15)16)13-8(7(11)12)14(5)3-4/h1-3,7H,(H,15,16).